The van der Waals surface area contributed by atoms with Crippen molar-refractivity contribution in [1.82, 2.24) is 4.98 Å². The molecule has 0 spiro atoms. The number of pyridine rings is 1. The number of hydrogen-bond acceptors (Lipinski definition) is 4. The van der Waals surface area contributed by atoms with Gasteiger partial charge in [0.1, 0.15) is 11.2 Å². The summed E-state index contributed by atoms with van der Waals surface area (Å²) in [5.74, 6) is -0.0625. The third kappa shape index (κ3) is 5.44. The monoisotopic (exact) mass is 579 g/mol. The van der Waals surface area contributed by atoms with Gasteiger partial charge in [0.25, 0.3) is 0 Å². The van der Waals surface area contributed by atoms with Crippen LogP contribution in [0.2, 0.25) is 0 Å². The average Bonchev–Trinajstić information content (AvgIpc) is 2.97. The number of allylic oxidation sites excluding steroid dienone is 2. The van der Waals surface area contributed by atoms with Crippen molar-refractivity contribution in [3.8, 4) is 11.3 Å². The van der Waals surface area contributed by atoms with Crippen LogP contribution in [0.1, 0.15) is 30.5 Å². The number of ketones is 1. The van der Waals surface area contributed by atoms with Gasteiger partial charge in [-0.2, -0.15) is 0 Å². The molecule has 0 atom stereocenters. The topological polar surface area (TPSA) is 63.3 Å². The molecule has 4 aromatic rings. The number of fused-ring (bicyclic) bond motifs is 3. The SMILES string of the molecule is CC(=O)/C=C(/C)O.Cc1[c-]c(-c2nccc3c2oc2cc(C)ccc23)cc(C)c1.[Ir]. The Hall–Kier alpha value is -2.75. The summed E-state index contributed by atoms with van der Waals surface area (Å²) in [5.41, 5.74) is 7.10. The molecule has 1 radical (unpaired) electrons. The van der Waals surface area contributed by atoms with E-state index in [4.69, 9.17) is 9.52 Å². The maximum Gasteiger partial charge on any atom is 0.155 e. The summed E-state index contributed by atoms with van der Waals surface area (Å²) < 4.78 is 6.12. The molecule has 0 aliphatic carbocycles. The minimum absolute atomic E-state index is 0. The fourth-order valence-corrected chi connectivity index (χ4v) is 3.32. The van der Waals surface area contributed by atoms with Crippen LogP contribution in [-0.4, -0.2) is 15.9 Å². The zero-order valence-electron chi connectivity index (χ0n) is 17.7. The molecule has 5 heteroatoms. The van der Waals surface area contributed by atoms with E-state index in [9.17, 15) is 4.79 Å². The Morgan fingerprint density at radius 2 is 1.77 bits per heavy atom. The molecule has 0 fully saturated rings. The zero-order chi connectivity index (χ0) is 21.1. The number of benzene rings is 2. The van der Waals surface area contributed by atoms with Crippen LogP contribution in [0.3, 0.4) is 0 Å². The fourth-order valence-electron chi connectivity index (χ4n) is 3.32. The second-order valence-corrected chi connectivity index (χ2v) is 7.29. The Bertz CT molecular complexity index is 1210. The molecule has 0 aliphatic heterocycles. The maximum atomic E-state index is 10.0. The van der Waals surface area contributed by atoms with Crippen LogP contribution >= 0.6 is 0 Å². The summed E-state index contributed by atoms with van der Waals surface area (Å²) in [5, 5.41) is 10.6. The smallest absolute Gasteiger partial charge is 0.155 e. The van der Waals surface area contributed by atoms with Gasteiger partial charge in [0.05, 0.1) is 5.76 Å². The molecule has 30 heavy (non-hydrogen) atoms. The van der Waals surface area contributed by atoms with Crippen LogP contribution in [0, 0.1) is 26.8 Å². The molecule has 4 rings (SSSR count). The van der Waals surface area contributed by atoms with Crippen molar-refractivity contribution >= 4 is 27.7 Å². The van der Waals surface area contributed by atoms with Gasteiger partial charge in [0.2, 0.25) is 0 Å². The van der Waals surface area contributed by atoms with Crippen LogP contribution in [-0.2, 0) is 24.9 Å². The summed E-state index contributed by atoms with van der Waals surface area (Å²) in [4.78, 5) is 14.6. The molecule has 2 heterocycles. The number of rotatable bonds is 2. The van der Waals surface area contributed by atoms with Gasteiger partial charge in [-0.25, -0.2) is 0 Å². The molecule has 4 nitrogen and oxygen atoms in total. The van der Waals surface area contributed by atoms with Gasteiger partial charge in [-0.1, -0.05) is 26.0 Å². The number of aliphatic hydroxyl groups excluding tert-OH is 1. The van der Waals surface area contributed by atoms with E-state index in [2.05, 4.69) is 62.2 Å². The summed E-state index contributed by atoms with van der Waals surface area (Å²) in [6, 6.07) is 15.9. The fraction of sp³-hybridized carbons (Fsp3) is 0.200. The number of carbonyl (C=O) groups is 1. The predicted molar refractivity (Wildman–Crippen MR) is 117 cm³/mol. The molecule has 0 saturated carbocycles. The number of aromatic nitrogens is 1. The van der Waals surface area contributed by atoms with Crippen molar-refractivity contribution in [1.29, 1.82) is 0 Å². The number of aryl methyl sites for hydroxylation is 3. The minimum Gasteiger partial charge on any atom is -0.512 e. The number of furan rings is 1. The van der Waals surface area contributed by atoms with Crippen LogP contribution in [0.5, 0.6) is 0 Å². The average molecular weight is 579 g/mol. The molecular formula is C25H24IrNO3-. The molecule has 0 unspecified atom stereocenters. The molecule has 0 amide bonds. The Kier molecular flexibility index (Phi) is 7.71. The van der Waals surface area contributed by atoms with Gasteiger partial charge in [0.15, 0.2) is 5.78 Å². The largest absolute Gasteiger partial charge is 0.512 e. The van der Waals surface area contributed by atoms with Crippen molar-refractivity contribution in [2.24, 2.45) is 0 Å². The van der Waals surface area contributed by atoms with Gasteiger partial charge in [-0.15, -0.1) is 34.9 Å². The van der Waals surface area contributed by atoms with Crippen molar-refractivity contribution < 1.29 is 34.4 Å². The Morgan fingerprint density at radius 3 is 2.37 bits per heavy atom. The van der Waals surface area contributed by atoms with Crippen molar-refractivity contribution in [2.75, 3.05) is 0 Å². The molecule has 0 bridgehead atoms. The van der Waals surface area contributed by atoms with Crippen LogP contribution in [0.15, 0.2) is 58.8 Å². The minimum atomic E-state index is -0.125. The molecular weight excluding hydrogens is 554 g/mol. The second-order valence-electron chi connectivity index (χ2n) is 7.29. The summed E-state index contributed by atoms with van der Waals surface area (Å²) in [6.07, 6.45) is 3.01. The quantitative estimate of drug-likeness (QED) is 0.170. The van der Waals surface area contributed by atoms with E-state index in [0.29, 0.717) is 0 Å². The van der Waals surface area contributed by atoms with E-state index in [1.54, 1.807) is 0 Å². The van der Waals surface area contributed by atoms with Gasteiger partial charge in [0, 0.05) is 48.8 Å². The van der Waals surface area contributed by atoms with Crippen molar-refractivity contribution in [3.05, 3.63) is 77.2 Å². The molecule has 0 saturated heterocycles. The first-order valence-electron chi connectivity index (χ1n) is 9.41. The summed E-state index contributed by atoms with van der Waals surface area (Å²) in [7, 11) is 0. The third-order valence-electron chi connectivity index (χ3n) is 4.36. The standard InChI is InChI=1S/C20H16NO.C5H8O2.Ir/c1-12-4-5-16-17-6-7-21-19(20(17)22-18(16)11-12)15-9-13(2)8-14(3)10-15;1-4(6)3-5(2)7;/h4-9,11H,1-3H3;3,6H,1-2H3;/q-1;;/b;4-3-;. The van der Waals surface area contributed by atoms with Gasteiger partial charge in [-0.3, -0.25) is 4.79 Å². The molecule has 2 aromatic heterocycles. The van der Waals surface area contributed by atoms with E-state index in [0.717, 1.165) is 38.8 Å². The molecule has 157 valence electrons. The third-order valence-corrected chi connectivity index (χ3v) is 4.36. The number of carbonyl (C=O) groups excluding carboxylic acids is 1. The molecule has 0 aliphatic rings. The number of aliphatic hydroxyl groups is 1. The maximum absolute atomic E-state index is 10.0. The predicted octanol–water partition coefficient (Wildman–Crippen LogP) is 6.41. The normalized spacial score (nSPS) is 11.0. The first kappa shape index (κ1) is 23.5. The van der Waals surface area contributed by atoms with E-state index in [1.807, 2.05) is 12.3 Å². The van der Waals surface area contributed by atoms with E-state index in [1.165, 1.54) is 31.1 Å². The summed E-state index contributed by atoms with van der Waals surface area (Å²) >= 11 is 0. The van der Waals surface area contributed by atoms with Crippen LogP contribution < -0.4 is 0 Å². The Morgan fingerprint density at radius 1 is 1.03 bits per heavy atom. The Labute approximate surface area is 190 Å². The van der Waals surface area contributed by atoms with Crippen molar-refractivity contribution in [2.45, 2.75) is 34.6 Å². The summed E-state index contributed by atoms with van der Waals surface area (Å²) in [6.45, 7) is 9.07. The zero-order valence-corrected chi connectivity index (χ0v) is 20.1. The van der Waals surface area contributed by atoms with Gasteiger partial charge < -0.3 is 14.5 Å². The van der Waals surface area contributed by atoms with E-state index in [-0.39, 0.29) is 31.6 Å². The second kappa shape index (κ2) is 9.84. The Balaban J connectivity index is 0.000000350. The van der Waals surface area contributed by atoms with E-state index < -0.39 is 0 Å². The van der Waals surface area contributed by atoms with Crippen molar-refractivity contribution in [3.63, 3.8) is 0 Å². The number of hydrogen-bond donors (Lipinski definition) is 1. The first-order valence-corrected chi connectivity index (χ1v) is 9.41. The first-order chi connectivity index (χ1) is 13.7. The molecule has 1 N–H and O–H groups in total. The van der Waals surface area contributed by atoms with Crippen LogP contribution in [0.25, 0.3) is 33.2 Å². The number of nitrogens with zero attached hydrogens (tertiary/aromatic N) is 1. The van der Waals surface area contributed by atoms with Gasteiger partial charge >= 0.3 is 0 Å². The van der Waals surface area contributed by atoms with Gasteiger partial charge in [-0.05, 0) is 38.5 Å². The molecule has 2 aromatic carbocycles. The van der Waals surface area contributed by atoms with Crippen LogP contribution in [0.4, 0.5) is 0 Å². The van der Waals surface area contributed by atoms with E-state index >= 15 is 0 Å².